The molecule has 0 unspecified atom stereocenters. The summed E-state index contributed by atoms with van der Waals surface area (Å²) in [6.45, 7) is 7.00. The van der Waals surface area contributed by atoms with Crippen molar-refractivity contribution in [3.63, 3.8) is 0 Å². The van der Waals surface area contributed by atoms with Crippen LogP contribution in [-0.2, 0) is 4.79 Å². The number of aromatic nitrogens is 2. The van der Waals surface area contributed by atoms with E-state index in [2.05, 4.69) is 36.3 Å². The second-order valence-electron chi connectivity index (χ2n) is 8.17. The number of nitrogens with one attached hydrogen (secondary N) is 1. The van der Waals surface area contributed by atoms with Crippen LogP contribution in [0.3, 0.4) is 0 Å². The number of carbonyl (C=O) groups is 1. The van der Waals surface area contributed by atoms with Crippen LogP contribution in [0.4, 0.5) is 6.01 Å². The minimum Gasteiger partial charge on any atom is -0.403 e. The first-order valence-corrected chi connectivity index (χ1v) is 18.3. The minimum atomic E-state index is -0.839. The van der Waals surface area contributed by atoms with E-state index >= 15 is 0 Å². The van der Waals surface area contributed by atoms with Crippen LogP contribution in [0.15, 0.2) is 70.8 Å². The van der Waals surface area contributed by atoms with Crippen LogP contribution in [0, 0.1) is 0 Å². The van der Waals surface area contributed by atoms with Crippen LogP contribution in [0.5, 0.6) is 0 Å². The number of hydrogen-bond acceptors (Lipinski definition) is 5. The SMILES string of the molecule is CCC[CH2][Sn]([CH2]CCC)[CH2]CCC.O=C1C=CC=C/C1=C\Nc1nnc(-c2ccccc2)o1. The number of rotatable bonds is 12. The van der Waals surface area contributed by atoms with Gasteiger partial charge in [0.05, 0.1) is 0 Å². The zero-order valence-electron chi connectivity index (χ0n) is 20.3. The first-order valence-electron chi connectivity index (χ1n) is 12.3. The Kier molecular flexibility index (Phi) is 13.5. The van der Waals surface area contributed by atoms with E-state index in [0.29, 0.717) is 11.5 Å². The molecule has 0 aliphatic heterocycles. The summed E-state index contributed by atoms with van der Waals surface area (Å²) in [5.74, 6) is 0.361. The predicted octanol–water partition coefficient (Wildman–Crippen LogP) is 7.61. The van der Waals surface area contributed by atoms with Crippen molar-refractivity contribution in [2.45, 2.75) is 72.6 Å². The summed E-state index contributed by atoms with van der Waals surface area (Å²) in [4.78, 5) is 11.5. The van der Waals surface area contributed by atoms with Crippen LogP contribution in [-0.4, -0.2) is 35.7 Å². The number of ketones is 1. The molecular formula is C27H38N3O2Sn. The molecule has 0 saturated carbocycles. The predicted molar refractivity (Wildman–Crippen MR) is 140 cm³/mol. The fourth-order valence-corrected chi connectivity index (χ4v) is 12.8. The second-order valence-corrected chi connectivity index (χ2v) is 16.7. The molecule has 1 N–H and O–H groups in total. The largest absolute Gasteiger partial charge is 0.403 e. The van der Waals surface area contributed by atoms with Gasteiger partial charge >= 0.3 is 98.4 Å². The third-order valence-electron chi connectivity index (χ3n) is 5.37. The Hall–Kier alpha value is -2.15. The molecule has 0 atom stereocenters. The van der Waals surface area contributed by atoms with E-state index in [1.165, 1.54) is 44.6 Å². The van der Waals surface area contributed by atoms with Gasteiger partial charge in [-0.05, 0) is 24.3 Å². The van der Waals surface area contributed by atoms with Crippen molar-refractivity contribution in [2.75, 3.05) is 5.32 Å². The van der Waals surface area contributed by atoms with Crippen molar-refractivity contribution in [3.8, 4) is 11.5 Å². The summed E-state index contributed by atoms with van der Waals surface area (Å²) in [7, 11) is 0. The molecule has 1 aromatic heterocycles. The Labute approximate surface area is 206 Å². The van der Waals surface area contributed by atoms with Gasteiger partial charge in [0.1, 0.15) is 0 Å². The molecule has 1 aliphatic carbocycles. The Morgan fingerprint density at radius 1 is 0.879 bits per heavy atom. The summed E-state index contributed by atoms with van der Waals surface area (Å²) in [6, 6.07) is 9.71. The monoisotopic (exact) mass is 556 g/mol. The van der Waals surface area contributed by atoms with Gasteiger partial charge in [0, 0.05) is 17.3 Å². The number of hydrogen-bond donors (Lipinski definition) is 1. The molecule has 1 aliphatic rings. The first-order chi connectivity index (χ1) is 16.2. The summed E-state index contributed by atoms with van der Waals surface area (Å²) in [6.07, 6.45) is 17.1. The van der Waals surface area contributed by atoms with E-state index in [4.69, 9.17) is 4.42 Å². The number of nitrogens with zero attached hydrogens (tertiary/aromatic N) is 2. The second kappa shape index (κ2) is 16.5. The third-order valence-corrected chi connectivity index (χ3v) is 14.4. The standard InChI is InChI=1S/C15H11N3O2.3C4H9.Sn/c19-13-9-5-4-8-12(13)10-16-15-18-17-14(20-15)11-6-2-1-3-7-11;3*1-3-4-2;/h1-10H,(H,16,18);3*1,3-4H2,2H3;/b12-10+;;;;. The van der Waals surface area contributed by atoms with Gasteiger partial charge in [0.2, 0.25) is 5.89 Å². The number of unbranched alkanes of at least 4 members (excludes halogenated alkanes) is 3. The van der Waals surface area contributed by atoms with E-state index in [1.807, 2.05) is 30.3 Å². The van der Waals surface area contributed by atoms with Crippen molar-refractivity contribution in [1.29, 1.82) is 0 Å². The van der Waals surface area contributed by atoms with Crippen LogP contribution in [0.1, 0.15) is 59.3 Å². The zero-order valence-corrected chi connectivity index (χ0v) is 23.2. The fraction of sp³-hybridized carbons (Fsp3) is 0.444. The first kappa shape index (κ1) is 27.1. The van der Waals surface area contributed by atoms with Gasteiger partial charge < -0.3 is 9.73 Å². The quantitative estimate of drug-likeness (QED) is 0.216. The molecule has 0 amide bonds. The van der Waals surface area contributed by atoms with Crippen LogP contribution in [0.25, 0.3) is 11.5 Å². The van der Waals surface area contributed by atoms with Gasteiger partial charge in [-0.3, -0.25) is 4.79 Å². The van der Waals surface area contributed by atoms with Gasteiger partial charge in [0.25, 0.3) is 0 Å². The smallest absolute Gasteiger partial charge is 0.319 e. The zero-order chi connectivity index (χ0) is 23.7. The molecule has 0 fully saturated rings. The maximum absolute atomic E-state index is 11.5. The van der Waals surface area contributed by atoms with E-state index in [-0.39, 0.29) is 11.8 Å². The molecular weight excluding hydrogens is 517 g/mol. The number of carbonyl (C=O) groups excluding carboxylic acids is 1. The molecule has 0 bridgehead atoms. The summed E-state index contributed by atoms with van der Waals surface area (Å²) >= 11 is -0.839. The molecule has 1 heterocycles. The molecule has 0 spiro atoms. The van der Waals surface area contributed by atoms with Gasteiger partial charge in [-0.2, -0.15) is 0 Å². The average Bonchev–Trinajstić information content (AvgIpc) is 3.33. The summed E-state index contributed by atoms with van der Waals surface area (Å²) < 4.78 is 10.5. The van der Waals surface area contributed by atoms with Crippen molar-refractivity contribution >= 4 is 31.6 Å². The van der Waals surface area contributed by atoms with Crippen molar-refractivity contribution < 1.29 is 9.21 Å². The average molecular weight is 555 g/mol. The molecule has 5 nitrogen and oxygen atoms in total. The van der Waals surface area contributed by atoms with Crippen LogP contribution < -0.4 is 5.32 Å². The number of allylic oxidation sites excluding steroid dienone is 5. The van der Waals surface area contributed by atoms with Crippen molar-refractivity contribution in [3.05, 3.63) is 66.4 Å². The summed E-state index contributed by atoms with van der Waals surface area (Å²) in [5, 5.41) is 10.6. The Morgan fingerprint density at radius 2 is 1.48 bits per heavy atom. The van der Waals surface area contributed by atoms with Crippen molar-refractivity contribution in [1.82, 2.24) is 10.2 Å². The Morgan fingerprint density at radius 3 is 2.06 bits per heavy atom. The maximum Gasteiger partial charge on any atom is 0.319 e. The molecule has 1 aromatic carbocycles. The molecule has 3 rings (SSSR count). The third kappa shape index (κ3) is 10.5. The Bertz CT molecular complexity index is 884. The van der Waals surface area contributed by atoms with E-state index in [1.54, 1.807) is 37.7 Å². The van der Waals surface area contributed by atoms with Crippen LogP contribution >= 0.6 is 0 Å². The van der Waals surface area contributed by atoms with Gasteiger partial charge in [-0.25, -0.2) is 0 Å². The van der Waals surface area contributed by atoms with Gasteiger partial charge in [-0.15, -0.1) is 5.10 Å². The van der Waals surface area contributed by atoms with Gasteiger partial charge in [-0.1, -0.05) is 35.4 Å². The summed E-state index contributed by atoms with van der Waals surface area (Å²) in [5.41, 5.74) is 1.38. The number of anilines is 1. The topological polar surface area (TPSA) is 68.0 Å². The van der Waals surface area contributed by atoms with E-state index < -0.39 is 19.8 Å². The molecule has 33 heavy (non-hydrogen) atoms. The van der Waals surface area contributed by atoms with Crippen LogP contribution in [0.2, 0.25) is 13.3 Å². The molecule has 2 aromatic rings. The maximum atomic E-state index is 11.5. The van der Waals surface area contributed by atoms with E-state index in [0.717, 1.165) is 5.56 Å². The molecule has 177 valence electrons. The Balaban J connectivity index is 0.000000260. The molecule has 1 radical (unpaired) electrons. The molecule has 0 saturated heterocycles. The normalized spacial score (nSPS) is 13.9. The van der Waals surface area contributed by atoms with Gasteiger partial charge in [0.15, 0.2) is 5.78 Å². The fourth-order valence-electron chi connectivity index (χ4n) is 3.37. The van der Waals surface area contributed by atoms with Crippen molar-refractivity contribution in [2.24, 2.45) is 0 Å². The minimum absolute atomic E-state index is 0.0669. The molecule has 6 heteroatoms. The number of benzene rings is 1. The van der Waals surface area contributed by atoms with E-state index in [9.17, 15) is 4.79 Å².